The van der Waals surface area contributed by atoms with E-state index in [1.807, 2.05) is 6.92 Å². The Morgan fingerprint density at radius 3 is 2.24 bits per heavy atom. The Morgan fingerprint density at radius 1 is 1.32 bits per heavy atom. The van der Waals surface area contributed by atoms with Crippen LogP contribution in [0.15, 0.2) is 0 Å². The molecule has 1 aliphatic rings. The van der Waals surface area contributed by atoms with E-state index in [4.69, 9.17) is 4.74 Å². The molecule has 1 aliphatic heterocycles. The fourth-order valence-electron chi connectivity index (χ4n) is 3.35. The lowest BCUT2D eigenvalue weighted by Crippen LogP contribution is -2.70. The number of rotatable bonds is 3. The molecule has 0 bridgehead atoms. The number of aliphatic hydroxyl groups is 1. The van der Waals surface area contributed by atoms with E-state index in [0.29, 0.717) is 6.42 Å². The van der Waals surface area contributed by atoms with Gasteiger partial charge in [0.2, 0.25) is 0 Å². The Labute approximate surface area is 151 Å². The second-order valence-corrected chi connectivity index (χ2v) is 14.9. The fraction of sp³-hybridized carbons (Fsp3) is 0.882. The van der Waals surface area contributed by atoms with Gasteiger partial charge in [-0.05, 0) is 39.7 Å². The predicted molar refractivity (Wildman–Crippen MR) is 99.7 cm³/mol. The molecule has 146 valence electrons. The van der Waals surface area contributed by atoms with Crippen LogP contribution in [0.25, 0.3) is 0 Å². The number of nitrogens with one attached hydrogen (secondary N) is 1. The zero-order valence-corrected chi connectivity index (χ0v) is 17.7. The number of amides is 2. The molecule has 25 heavy (non-hydrogen) atoms. The highest BCUT2D eigenvalue weighted by Crippen LogP contribution is 2.39. The lowest BCUT2D eigenvalue weighted by Gasteiger charge is -2.53. The summed E-state index contributed by atoms with van der Waals surface area (Å²) in [6.45, 7) is 15.7. The maximum Gasteiger partial charge on any atom is 0.407 e. The van der Waals surface area contributed by atoms with Gasteiger partial charge in [0.05, 0.1) is 12.1 Å². The van der Waals surface area contributed by atoms with Gasteiger partial charge in [-0.25, -0.2) is 9.59 Å². The molecule has 7 nitrogen and oxygen atoms in total. The van der Waals surface area contributed by atoms with Crippen LogP contribution < -0.4 is 5.32 Å². The van der Waals surface area contributed by atoms with Gasteiger partial charge in [-0.3, -0.25) is 0 Å². The molecule has 4 atom stereocenters. The van der Waals surface area contributed by atoms with Gasteiger partial charge in [0, 0.05) is 14.6 Å². The number of ether oxygens (including phenoxy) is 1. The maximum atomic E-state index is 12.1. The van der Waals surface area contributed by atoms with Crippen molar-refractivity contribution in [3.8, 4) is 0 Å². The monoisotopic (exact) mass is 374 g/mol. The van der Waals surface area contributed by atoms with Crippen LogP contribution in [0, 0.1) is 0 Å². The number of likely N-dealkylation sites (tertiary alicyclic amines) is 1. The Bertz CT molecular complexity index is 510. The molecule has 4 unspecified atom stereocenters. The molecule has 0 saturated carbocycles. The Hall–Kier alpha value is -1.28. The van der Waals surface area contributed by atoms with E-state index in [2.05, 4.69) is 25.0 Å². The van der Waals surface area contributed by atoms with E-state index in [0.717, 1.165) is 0 Å². The number of nitrogens with zero attached hydrogens (tertiary/aromatic N) is 1. The van der Waals surface area contributed by atoms with Crippen LogP contribution in [0.5, 0.6) is 0 Å². The standard InChI is InChI=1S/C17H34N2O5Si/c1-11(25(6,7)8)13-17(5,23)12(9-10-19(13)15(21)22)18-14(20)24-16(2,3)4/h11-13,23H,9-10H2,1-8H3,(H,18,20)(H,21,22). The van der Waals surface area contributed by atoms with Crippen LogP contribution in [0.1, 0.15) is 41.0 Å². The number of carboxylic acid groups (broad SMARTS) is 1. The zero-order valence-electron chi connectivity index (χ0n) is 16.7. The third-order valence-corrected chi connectivity index (χ3v) is 8.12. The van der Waals surface area contributed by atoms with Crippen LogP contribution in [0.3, 0.4) is 0 Å². The summed E-state index contributed by atoms with van der Waals surface area (Å²) in [7, 11) is -1.74. The van der Waals surface area contributed by atoms with Crippen LogP contribution in [-0.4, -0.2) is 65.2 Å². The van der Waals surface area contributed by atoms with Gasteiger partial charge in [0.1, 0.15) is 11.2 Å². The number of carbonyl (C=O) groups is 2. The summed E-state index contributed by atoms with van der Waals surface area (Å²) in [4.78, 5) is 25.2. The van der Waals surface area contributed by atoms with Crippen LogP contribution in [-0.2, 0) is 4.74 Å². The Balaban J connectivity index is 3.10. The molecule has 3 N–H and O–H groups in total. The first-order valence-electron chi connectivity index (χ1n) is 8.79. The number of piperidine rings is 1. The predicted octanol–water partition coefficient (Wildman–Crippen LogP) is 3.11. The van der Waals surface area contributed by atoms with Crippen molar-refractivity contribution < 1.29 is 24.5 Å². The summed E-state index contributed by atoms with van der Waals surface area (Å²) in [6.07, 6.45) is -1.29. The Kier molecular flexibility index (Phi) is 6.22. The van der Waals surface area contributed by atoms with E-state index in [1.165, 1.54) is 4.90 Å². The average molecular weight is 375 g/mol. The highest BCUT2D eigenvalue weighted by Gasteiger charge is 2.53. The van der Waals surface area contributed by atoms with Crippen molar-refractivity contribution in [2.24, 2.45) is 0 Å². The van der Waals surface area contributed by atoms with E-state index in [1.54, 1.807) is 27.7 Å². The maximum absolute atomic E-state index is 12.1. The molecular weight excluding hydrogens is 340 g/mol. The third-order valence-electron chi connectivity index (χ3n) is 5.08. The van der Waals surface area contributed by atoms with Gasteiger partial charge < -0.3 is 25.2 Å². The summed E-state index contributed by atoms with van der Waals surface area (Å²) in [5, 5.41) is 23.6. The number of hydrogen-bond acceptors (Lipinski definition) is 4. The van der Waals surface area contributed by atoms with Crippen LogP contribution in [0.2, 0.25) is 25.2 Å². The van der Waals surface area contributed by atoms with Gasteiger partial charge in [0.15, 0.2) is 0 Å². The molecule has 0 aliphatic carbocycles. The summed E-state index contributed by atoms with van der Waals surface area (Å²) in [5.74, 6) is 0. The van der Waals surface area contributed by atoms with E-state index >= 15 is 0 Å². The lowest BCUT2D eigenvalue weighted by atomic mass is 9.80. The molecule has 0 radical (unpaired) electrons. The summed E-state index contributed by atoms with van der Waals surface area (Å²) >= 11 is 0. The van der Waals surface area contributed by atoms with Crippen molar-refractivity contribution in [2.45, 2.75) is 89.5 Å². The molecular formula is C17H34N2O5Si. The quantitative estimate of drug-likeness (QED) is 0.659. The van der Waals surface area contributed by atoms with Crippen molar-refractivity contribution in [3.63, 3.8) is 0 Å². The first-order valence-corrected chi connectivity index (χ1v) is 12.4. The minimum absolute atomic E-state index is 0.0156. The van der Waals surface area contributed by atoms with Crippen molar-refractivity contribution in [1.82, 2.24) is 10.2 Å². The van der Waals surface area contributed by atoms with E-state index in [-0.39, 0.29) is 12.1 Å². The molecule has 8 heteroatoms. The zero-order chi connectivity index (χ0) is 19.8. The minimum Gasteiger partial charge on any atom is -0.465 e. The smallest absolute Gasteiger partial charge is 0.407 e. The largest absolute Gasteiger partial charge is 0.465 e. The highest BCUT2D eigenvalue weighted by molar-refractivity contribution is 6.77. The van der Waals surface area contributed by atoms with Gasteiger partial charge in [-0.1, -0.05) is 26.6 Å². The SMILES string of the molecule is CC(C1N(C(=O)O)CCC(NC(=O)OC(C)(C)C)C1(C)O)[Si](C)(C)C. The Morgan fingerprint density at radius 2 is 1.84 bits per heavy atom. The first kappa shape index (κ1) is 21.8. The highest BCUT2D eigenvalue weighted by atomic mass is 28.3. The normalized spacial score (nSPS) is 29.1. The minimum atomic E-state index is -1.74. The van der Waals surface area contributed by atoms with Gasteiger partial charge >= 0.3 is 12.2 Å². The van der Waals surface area contributed by atoms with Gasteiger partial charge in [-0.15, -0.1) is 0 Å². The second-order valence-electron chi connectivity index (χ2n) is 9.29. The van der Waals surface area contributed by atoms with Crippen LogP contribution in [0.4, 0.5) is 9.59 Å². The van der Waals surface area contributed by atoms with Crippen LogP contribution >= 0.6 is 0 Å². The van der Waals surface area contributed by atoms with E-state index < -0.39 is 43.5 Å². The molecule has 1 rings (SSSR count). The molecule has 0 spiro atoms. The molecule has 0 aromatic rings. The van der Waals surface area contributed by atoms with Gasteiger partial charge in [-0.2, -0.15) is 0 Å². The van der Waals surface area contributed by atoms with Crippen molar-refractivity contribution >= 4 is 20.3 Å². The molecule has 1 heterocycles. The first-order chi connectivity index (χ1) is 11.1. The summed E-state index contributed by atoms with van der Waals surface area (Å²) < 4.78 is 5.29. The number of alkyl carbamates (subject to hydrolysis) is 1. The van der Waals surface area contributed by atoms with Crippen molar-refractivity contribution in [2.75, 3.05) is 6.54 Å². The fourth-order valence-corrected chi connectivity index (χ4v) is 4.82. The van der Waals surface area contributed by atoms with E-state index in [9.17, 15) is 19.8 Å². The third kappa shape index (κ3) is 5.34. The second kappa shape index (κ2) is 7.15. The van der Waals surface area contributed by atoms with Gasteiger partial charge in [0.25, 0.3) is 0 Å². The molecule has 0 aromatic heterocycles. The molecule has 0 aromatic carbocycles. The van der Waals surface area contributed by atoms with Crippen molar-refractivity contribution in [1.29, 1.82) is 0 Å². The molecule has 1 saturated heterocycles. The molecule has 2 amide bonds. The summed E-state index contributed by atoms with van der Waals surface area (Å²) in [6, 6.07) is -1.15. The average Bonchev–Trinajstić information content (AvgIpc) is 2.36. The number of carbonyl (C=O) groups excluding carboxylic acids is 1. The lowest BCUT2D eigenvalue weighted by molar-refractivity contribution is -0.0836. The molecule has 1 fully saturated rings. The topological polar surface area (TPSA) is 99.1 Å². The number of hydrogen-bond donors (Lipinski definition) is 3. The summed E-state index contributed by atoms with van der Waals surface area (Å²) in [5.41, 5.74) is -2.00. The van der Waals surface area contributed by atoms with Crippen molar-refractivity contribution in [3.05, 3.63) is 0 Å².